The van der Waals surface area contributed by atoms with Gasteiger partial charge in [-0.3, -0.25) is 14.4 Å². The molecule has 0 bridgehead atoms. The first-order valence-corrected chi connectivity index (χ1v) is 34.0. The highest BCUT2D eigenvalue weighted by molar-refractivity contribution is 7.89. The highest BCUT2D eigenvalue weighted by Crippen LogP contribution is 2.42. The van der Waals surface area contributed by atoms with Crippen molar-refractivity contribution in [3.63, 3.8) is 0 Å². The molecule has 2 aromatic heterocycles. The van der Waals surface area contributed by atoms with Gasteiger partial charge in [-0.25, -0.2) is 46.1 Å². The van der Waals surface area contributed by atoms with E-state index < -0.39 is 49.8 Å². The summed E-state index contributed by atoms with van der Waals surface area (Å²) < 4.78 is 82.1. The maximum atomic E-state index is 13.1. The maximum absolute atomic E-state index is 13.1. The SMILES string of the molecule is CC(C)[C@@H](C(=O)NCCOCCOCCNC(=O)OC(C)(C)C)n1cc(-c2ccc(S(N)(=O)=O)cc2)nn1.CC(C)[C@@H](C(=O)NCCOCCOCCNC(=S)Nc1ccc(-c2c3ccc(=O)cc-3oc3cc(O)ccc23)c(C(=O)O)c1)n1cc(-c2ccc(S(N)(=O)=O)cc2)nn1. The second kappa shape index (κ2) is 34.6. The second-order valence-electron chi connectivity index (χ2n) is 23.4. The molecular formula is C64H79N13O17S3. The van der Waals surface area contributed by atoms with Gasteiger partial charge in [-0.05, 0) is 111 Å². The van der Waals surface area contributed by atoms with Crippen LogP contribution in [0.1, 0.15) is 70.9 Å². The first kappa shape index (κ1) is 75.1. The number of alkyl carbamates (subject to hydrolysis) is 1. The van der Waals surface area contributed by atoms with Gasteiger partial charge in [0.15, 0.2) is 10.5 Å². The van der Waals surface area contributed by atoms with E-state index >= 15 is 0 Å². The average Bonchev–Trinajstić information content (AvgIpc) is 1.44. The van der Waals surface area contributed by atoms with Crippen molar-refractivity contribution in [2.75, 3.05) is 84.4 Å². The predicted octanol–water partition coefficient (Wildman–Crippen LogP) is 5.67. The van der Waals surface area contributed by atoms with Crippen LogP contribution in [0.5, 0.6) is 5.75 Å². The number of nitrogens with zero attached hydrogens (tertiary/aromatic N) is 6. The number of nitrogens with one attached hydrogen (secondary N) is 5. The van der Waals surface area contributed by atoms with Crippen LogP contribution in [0.3, 0.4) is 0 Å². The fraction of sp³-hybridized carbons (Fsp3) is 0.375. The number of sulfonamides is 2. The van der Waals surface area contributed by atoms with Gasteiger partial charge in [0.2, 0.25) is 31.9 Å². The summed E-state index contributed by atoms with van der Waals surface area (Å²) in [6.07, 6.45) is 2.78. The lowest BCUT2D eigenvalue weighted by Crippen LogP contribution is -2.37. The van der Waals surface area contributed by atoms with E-state index in [4.69, 9.17) is 50.6 Å². The molecule has 97 heavy (non-hydrogen) atoms. The van der Waals surface area contributed by atoms with Crippen molar-refractivity contribution < 1.29 is 74.3 Å². The summed E-state index contributed by atoms with van der Waals surface area (Å²) in [4.78, 5) is 62.0. The number of phenolic OH excluding ortho intramolecular Hbond substituents is 1. The number of hydrogen-bond acceptors (Lipinski definition) is 21. The number of thiocarbonyl (C=S) groups is 1. The van der Waals surface area contributed by atoms with E-state index in [1.54, 1.807) is 81.7 Å². The molecule has 1 aliphatic heterocycles. The number of carbonyl (C=O) groups is 4. The van der Waals surface area contributed by atoms with Crippen LogP contribution in [0.25, 0.3) is 55.9 Å². The fourth-order valence-electron chi connectivity index (χ4n) is 9.64. The standard InChI is InChI=1S/C40H41N7O10S2.C24H38N6O7S/c1-23(2)37(47-22-33(45-46-47)24-3-8-28(9-4-24)59(41,53)54)38(50)42-13-15-55-17-18-56-16-14-43-40(58)44-25-5-10-29(32(19-25)39(51)52)36-30-11-6-26(48)20-34(30)57-35-21-27(49)7-12-31(35)36;1-17(2)21(30-16-20(28-29-30)18-6-8-19(9-7-18)38(25,33)34)22(31)26-10-12-35-14-15-36-13-11-27-23(32)37-24(3,4)5/h3-12,19-23,37,48H,13-18H2,1-2H3,(H,42,50)(H,51,52)(H2,41,53,54)(H2,43,44,58);6-9,16-17,21H,10-15H2,1-5H3,(H,26,31)(H,27,32)(H2,25,33,34)/t37-;21-/m00/s1. The first-order chi connectivity index (χ1) is 46.0. The minimum atomic E-state index is -3.83. The van der Waals surface area contributed by atoms with Crippen molar-refractivity contribution in [1.82, 2.24) is 51.3 Å². The van der Waals surface area contributed by atoms with Gasteiger partial charge in [0, 0.05) is 71.6 Å². The number of benzene rings is 5. The van der Waals surface area contributed by atoms with Crippen LogP contribution in [0.15, 0.2) is 135 Å². The molecule has 30 nitrogen and oxygen atoms in total. The van der Waals surface area contributed by atoms with Crippen LogP contribution in [0, 0.1) is 11.8 Å². The molecular weight excluding hydrogens is 1320 g/mol. The number of nitrogens with two attached hydrogens (primary N) is 2. The molecule has 33 heteroatoms. The number of aromatic carboxylic acids is 1. The number of fused-ring (bicyclic) bond motifs is 2. The lowest BCUT2D eigenvalue weighted by Gasteiger charge is -2.20. The lowest BCUT2D eigenvalue weighted by molar-refractivity contribution is -0.127. The number of carboxylic acids is 1. The Bertz CT molecular complexity index is 4270. The van der Waals surface area contributed by atoms with Crippen LogP contribution in [-0.4, -0.2) is 171 Å². The molecule has 0 fully saturated rings. The third-order valence-corrected chi connectivity index (χ3v) is 16.2. The Hall–Kier alpha value is -9.32. The number of hydrogen-bond donors (Lipinski definition) is 9. The Morgan fingerprint density at radius 1 is 0.608 bits per heavy atom. The second-order valence-corrected chi connectivity index (χ2v) is 26.9. The highest BCUT2D eigenvalue weighted by atomic mass is 32.2. The van der Waals surface area contributed by atoms with Crippen molar-refractivity contribution in [2.45, 2.75) is 75.9 Å². The van der Waals surface area contributed by atoms with Crippen LogP contribution < -0.4 is 42.3 Å². The van der Waals surface area contributed by atoms with E-state index in [2.05, 4.69) is 47.2 Å². The molecule has 0 saturated heterocycles. The van der Waals surface area contributed by atoms with Crippen LogP contribution in [0.2, 0.25) is 0 Å². The summed E-state index contributed by atoms with van der Waals surface area (Å²) in [6.45, 7) is 16.6. The third-order valence-electron chi connectivity index (χ3n) is 14.1. The number of anilines is 1. The molecule has 6 aromatic rings. The zero-order valence-electron chi connectivity index (χ0n) is 54.3. The summed E-state index contributed by atoms with van der Waals surface area (Å²) in [7, 11) is -7.62. The van der Waals surface area contributed by atoms with Crippen LogP contribution >= 0.6 is 12.2 Å². The maximum Gasteiger partial charge on any atom is 0.407 e. The number of amides is 3. The quantitative estimate of drug-likeness (QED) is 0.0143. The molecule has 11 N–H and O–H groups in total. The van der Waals surface area contributed by atoms with Gasteiger partial charge in [0.05, 0.1) is 80.6 Å². The minimum Gasteiger partial charge on any atom is -0.508 e. The fourth-order valence-corrected chi connectivity index (χ4v) is 10.9. The van der Waals surface area contributed by atoms with Crippen molar-refractivity contribution in [3.8, 4) is 50.7 Å². The summed E-state index contributed by atoms with van der Waals surface area (Å²) in [5.74, 6) is -1.65. The van der Waals surface area contributed by atoms with E-state index in [9.17, 15) is 51.0 Å². The van der Waals surface area contributed by atoms with Crippen LogP contribution in [0.4, 0.5) is 10.5 Å². The van der Waals surface area contributed by atoms with Gasteiger partial charge in [-0.2, -0.15) is 0 Å². The Morgan fingerprint density at radius 2 is 1.07 bits per heavy atom. The molecule has 4 aromatic carbocycles. The van der Waals surface area contributed by atoms with Gasteiger partial charge >= 0.3 is 12.1 Å². The van der Waals surface area contributed by atoms with E-state index in [-0.39, 0.29) is 86.4 Å². The Morgan fingerprint density at radius 3 is 1.53 bits per heavy atom. The third kappa shape index (κ3) is 22.4. The van der Waals surface area contributed by atoms with E-state index in [1.165, 1.54) is 64.0 Å². The highest BCUT2D eigenvalue weighted by Gasteiger charge is 2.28. The number of aromatic nitrogens is 6. The molecule has 0 unspecified atom stereocenters. The number of phenols is 1. The average molecular weight is 1400 g/mol. The smallest absolute Gasteiger partial charge is 0.407 e. The normalized spacial score (nSPS) is 12.4. The van der Waals surface area contributed by atoms with Crippen molar-refractivity contribution in [3.05, 3.63) is 131 Å². The molecule has 0 spiro atoms. The van der Waals surface area contributed by atoms with Gasteiger partial charge in [-0.1, -0.05) is 68.5 Å². The number of rotatable bonds is 31. The zero-order valence-corrected chi connectivity index (χ0v) is 56.8. The van der Waals surface area contributed by atoms with E-state index in [1.807, 2.05) is 27.7 Å². The summed E-state index contributed by atoms with van der Waals surface area (Å²) in [6, 6.07) is 24.2. The van der Waals surface area contributed by atoms with Gasteiger partial charge in [-0.15, -0.1) is 10.2 Å². The molecule has 2 aliphatic rings. The summed E-state index contributed by atoms with van der Waals surface area (Å²) in [5, 5.41) is 62.2. The summed E-state index contributed by atoms with van der Waals surface area (Å²) in [5.41, 5.74) is 3.54. The van der Waals surface area contributed by atoms with Gasteiger partial charge in [0.25, 0.3) is 0 Å². The van der Waals surface area contributed by atoms with Crippen molar-refractivity contribution in [2.24, 2.45) is 22.1 Å². The van der Waals surface area contributed by atoms with Crippen molar-refractivity contribution in [1.29, 1.82) is 0 Å². The molecule has 1 aliphatic carbocycles. The first-order valence-electron chi connectivity index (χ1n) is 30.5. The minimum absolute atomic E-state index is 0.00272. The largest absolute Gasteiger partial charge is 0.508 e. The zero-order chi connectivity index (χ0) is 70.6. The molecule has 3 heterocycles. The van der Waals surface area contributed by atoms with Gasteiger partial charge < -0.3 is 64.9 Å². The molecule has 0 saturated carbocycles. The lowest BCUT2D eigenvalue weighted by atomic mass is 9.90. The number of ether oxygens (including phenoxy) is 5. The topological polar surface area (TPSA) is 427 Å². The van der Waals surface area contributed by atoms with E-state index in [0.717, 1.165) is 0 Å². The summed E-state index contributed by atoms with van der Waals surface area (Å²) >= 11 is 5.42. The molecule has 520 valence electrons. The van der Waals surface area contributed by atoms with E-state index in [0.29, 0.717) is 110 Å². The number of carboxylic acid groups (broad SMARTS) is 1. The number of carbonyl (C=O) groups excluding carboxylic acids is 3. The Labute approximate surface area is 565 Å². The monoisotopic (exact) mass is 1400 g/mol. The molecule has 2 atom stereocenters. The van der Waals surface area contributed by atoms with Crippen molar-refractivity contribution >= 4 is 77.9 Å². The molecule has 0 radical (unpaired) electrons. The van der Waals surface area contributed by atoms with Gasteiger partial charge in [0.1, 0.15) is 46.2 Å². The number of primary sulfonamides is 2. The Balaban J connectivity index is 0.000000302. The number of aromatic hydroxyl groups is 1. The molecule has 3 amide bonds. The molecule has 8 rings (SSSR count). The van der Waals surface area contributed by atoms with Crippen LogP contribution in [-0.2, 0) is 53.3 Å². The predicted molar refractivity (Wildman–Crippen MR) is 362 cm³/mol. The Kier molecular flexibility index (Phi) is 26.7.